The fourth-order valence-electron chi connectivity index (χ4n) is 13.8. The highest BCUT2D eigenvalue weighted by molar-refractivity contribution is 7.00. The lowest BCUT2D eigenvalue weighted by molar-refractivity contribution is -0.00514. The summed E-state index contributed by atoms with van der Waals surface area (Å²) in [6, 6.07) is 82.3. The van der Waals surface area contributed by atoms with Gasteiger partial charge in [0.25, 0.3) is 6.71 Å². The van der Waals surface area contributed by atoms with Gasteiger partial charge >= 0.3 is 0 Å². The molecular formula is C64H51BN2. The lowest BCUT2D eigenvalue weighted by Gasteiger charge is -2.57. The van der Waals surface area contributed by atoms with E-state index in [0.29, 0.717) is 0 Å². The summed E-state index contributed by atoms with van der Waals surface area (Å²) in [5, 5.41) is 0. The molecule has 3 heteroatoms. The Morgan fingerprint density at radius 3 is 1.03 bits per heavy atom. The standard InChI is InChI=1S/C64H51BN2/c1-5-13-46(14-6-1)50-21-27-55(28-22-50)66-59-31-25-52(48-17-9-3-10-18-48)36-57(59)65-58-37-53(49-19-11-4-12-20-49)26-32-60(58)67(56-29-23-51(24-30-56)47-15-7-2-8-16-47)62-39-54(38-61(66)63(62)65)64-40-43-33-44(41-64)35-45(34-43)42-64/h1-32,36-39,43-45H,33-35,40-42H2. The summed E-state index contributed by atoms with van der Waals surface area (Å²) in [4.78, 5) is 5.28. The lowest BCUT2D eigenvalue weighted by Crippen LogP contribution is -2.61. The van der Waals surface area contributed by atoms with Crippen LogP contribution in [0.25, 0.3) is 44.5 Å². The molecule has 4 bridgehead atoms. The van der Waals surface area contributed by atoms with Gasteiger partial charge in [0, 0.05) is 34.1 Å². The third-order valence-corrected chi connectivity index (χ3v) is 16.4. The first-order chi connectivity index (χ1) is 33.1. The van der Waals surface area contributed by atoms with Gasteiger partial charge in [-0.25, -0.2) is 0 Å². The molecule has 9 aromatic rings. The Bertz CT molecular complexity index is 3080. The molecule has 4 saturated carbocycles. The lowest BCUT2D eigenvalue weighted by atomic mass is 9.33. The number of hydrogen-bond donors (Lipinski definition) is 0. The Morgan fingerprint density at radius 2 is 0.657 bits per heavy atom. The highest BCUT2D eigenvalue weighted by Gasteiger charge is 2.53. The van der Waals surface area contributed by atoms with Crippen LogP contribution in [0.15, 0.2) is 218 Å². The van der Waals surface area contributed by atoms with Gasteiger partial charge in [0.05, 0.1) is 0 Å². The van der Waals surface area contributed by atoms with E-state index in [4.69, 9.17) is 0 Å². The van der Waals surface area contributed by atoms with Gasteiger partial charge in [-0.1, -0.05) is 170 Å². The fourth-order valence-corrected chi connectivity index (χ4v) is 13.8. The highest BCUT2D eigenvalue weighted by Crippen LogP contribution is 2.62. The molecule has 15 rings (SSSR count). The molecule has 320 valence electrons. The van der Waals surface area contributed by atoms with E-state index >= 15 is 0 Å². The molecule has 9 aromatic carbocycles. The number of hydrogen-bond acceptors (Lipinski definition) is 2. The van der Waals surface area contributed by atoms with Gasteiger partial charge < -0.3 is 9.80 Å². The molecule has 0 N–H and O–H groups in total. The Morgan fingerprint density at radius 1 is 0.328 bits per heavy atom. The van der Waals surface area contributed by atoms with E-state index in [0.717, 1.165) is 17.8 Å². The van der Waals surface area contributed by atoms with Crippen LogP contribution in [-0.2, 0) is 5.41 Å². The van der Waals surface area contributed by atoms with Gasteiger partial charge in [-0.15, -0.1) is 0 Å². The zero-order valence-electron chi connectivity index (χ0n) is 37.7. The SMILES string of the molecule is c1ccc(-c2ccc(N3c4ccc(-c5ccccc5)cc4B4c5cc(-c6ccccc6)ccc5N(c5ccc(-c6ccccc6)cc5)c5cc(C67CC8CC(CC(C8)C6)C7)cc3c54)cc2)cc1. The van der Waals surface area contributed by atoms with E-state index in [-0.39, 0.29) is 12.1 Å². The molecule has 0 unspecified atom stereocenters. The van der Waals surface area contributed by atoms with Crippen molar-refractivity contribution in [3.05, 3.63) is 224 Å². The smallest absolute Gasteiger partial charge is 0.252 e. The maximum absolute atomic E-state index is 2.70. The zero-order valence-corrected chi connectivity index (χ0v) is 37.7. The number of rotatable bonds is 7. The van der Waals surface area contributed by atoms with Crippen LogP contribution >= 0.6 is 0 Å². The van der Waals surface area contributed by atoms with Crippen molar-refractivity contribution in [1.82, 2.24) is 0 Å². The van der Waals surface area contributed by atoms with Crippen molar-refractivity contribution in [2.24, 2.45) is 17.8 Å². The normalized spacial score (nSPS) is 20.6. The van der Waals surface area contributed by atoms with E-state index in [1.54, 1.807) is 5.56 Å². The minimum atomic E-state index is 0.00687. The maximum Gasteiger partial charge on any atom is 0.252 e. The monoisotopic (exact) mass is 858 g/mol. The van der Waals surface area contributed by atoms with Gasteiger partial charge in [0.1, 0.15) is 0 Å². The van der Waals surface area contributed by atoms with Crippen molar-refractivity contribution in [1.29, 1.82) is 0 Å². The Labute approximate surface area is 395 Å². The second-order valence-electron chi connectivity index (χ2n) is 20.3. The minimum Gasteiger partial charge on any atom is -0.311 e. The summed E-state index contributed by atoms with van der Waals surface area (Å²) in [6.07, 6.45) is 8.21. The first-order valence-electron chi connectivity index (χ1n) is 24.6. The third kappa shape index (κ3) is 6.39. The van der Waals surface area contributed by atoms with Gasteiger partial charge in [0.2, 0.25) is 0 Å². The first-order valence-corrected chi connectivity index (χ1v) is 24.6. The Kier molecular flexibility index (Phi) is 8.91. The molecule has 0 aromatic heterocycles. The predicted molar refractivity (Wildman–Crippen MR) is 282 cm³/mol. The number of fused-ring (bicyclic) bond motifs is 4. The highest BCUT2D eigenvalue weighted by atomic mass is 15.2. The molecule has 2 nitrogen and oxygen atoms in total. The molecule has 4 fully saturated rings. The molecule has 4 aliphatic carbocycles. The summed E-state index contributed by atoms with van der Waals surface area (Å²) in [5.74, 6) is 2.51. The second-order valence-corrected chi connectivity index (χ2v) is 20.3. The molecule has 2 aliphatic heterocycles. The van der Waals surface area contributed by atoms with Crippen LogP contribution in [0.5, 0.6) is 0 Å². The van der Waals surface area contributed by atoms with Crippen molar-refractivity contribution < 1.29 is 0 Å². The molecule has 0 saturated heterocycles. The number of nitrogens with zero attached hydrogens (tertiary/aromatic N) is 2. The molecule has 0 amide bonds. The van der Waals surface area contributed by atoms with E-state index in [9.17, 15) is 0 Å². The Balaban J connectivity index is 1.05. The second kappa shape index (κ2) is 15.4. The zero-order chi connectivity index (χ0) is 44.1. The van der Waals surface area contributed by atoms with E-state index < -0.39 is 0 Å². The maximum atomic E-state index is 2.70. The largest absolute Gasteiger partial charge is 0.311 e. The van der Waals surface area contributed by atoms with E-state index in [1.807, 2.05) is 0 Å². The molecule has 0 atom stereocenters. The molecule has 6 aliphatic rings. The molecular weight excluding hydrogens is 808 g/mol. The van der Waals surface area contributed by atoms with Gasteiger partial charge in [-0.2, -0.15) is 0 Å². The van der Waals surface area contributed by atoms with E-state index in [1.165, 1.54) is 134 Å². The van der Waals surface area contributed by atoms with Gasteiger partial charge in [-0.3, -0.25) is 0 Å². The summed E-state index contributed by atoms with van der Waals surface area (Å²) in [5.41, 5.74) is 23.3. The Hall–Kier alpha value is -7.36. The van der Waals surface area contributed by atoms with Crippen LogP contribution in [0.3, 0.4) is 0 Å². The van der Waals surface area contributed by atoms with Crippen LogP contribution in [0.2, 0.25) is 0 Å². The fraction of sp³-hybridized carbons (Fsp3) is 0.156. The molecule has 0 spiro atoms. The number of benzene rings is 9. The van der Waals surface area contributed by atoms with Crippen LogP contribution in [-0.4, -0.2) is 6.71 Å². The quantitative estimate of drug-likeness (QED) is 0.147. The molecule has 67 heavy (non-hydrogen) atoms. The van der Waals surface area contributed by atoms with Gasteiger partial charge in [0.15, 0.2) is 0 Å². The summed E-state index contributed by atoms with van der Waals surface area (Å²) in [6.45, 7) is 0.00687. The van der Waals surface area contributed by atoms with Gasteiger partial charge in [-0.05, 0) is 177 Å². The average Bonchev–Trinajstić information content (AvgIpc) is 3.39. The van der Waals surface area contributed by atoms with Crippen molar-refractivity contribution >= 4 is 57.2 Å². The number of anilines is 6. The molecule has 2 heterocycles. The van der Waals surface area contributed by atoms with Crippen LogP contribution in [0, 0.1) is 17.8 Å². The summed E-state index contributed by atoms with van der Waals surface area (Å²) >= 11 is 0. The van der Waals surface area contributed by atoms with Crippen molar-refractivity contribution in [2.45, 2.75) is 43.9 Å². The van der Waals surface area contributed by atoms with Crippen molar-refractivity contribution in [3.63, 3.8) is 0 Å². The van der Waals surface area contributed by atoms with Crippen molar-refractivity contribution in [3.8, 4) is 44.5 Å². The van der Waals surface area contributed by atoms with Crippen LogP contribution in [0.4, 0.5) is 34.1 Å². The average molecular weight is 859 g/mol. The topological polar surface area (TPSA) is 6.48 Å². The molecule has 0 radical (unpaired) electrons. The summed E-state index contributed by atoms with van der Waals surface area (Å²) in [7, 11) is 0. The van der Waals surface area contributed by atoms with Crippen molar-refractivity contribution in [2.75, 3.05) is 9.80 Å². The summed E-state index contributed by atoms with van der Waals surface area (Å²) < 4.78 is 0. The predicted octanol–water partition coefficient (Wildman–Crippen LogP) is 14.9. The first kappa shape index (κ1) is 38.9. The van der Waals surface area contributed by atoms with Crippen LogP contribution < -0.4 is 26.2 Å². The third-order valence-electron chi connectivity index (χ3n) is 16.4. The minimum absolute atomic E-state index is 0.00687. The van der Waals surface area contributed by atoms with Crippen LogP contribution in [0.1, 0.15) is 44.1 Å². The van der Waals surface area contributed by atoms with E-state index in [2.05, 4.69) is 228 Å².